The van der Waals surface area contributed by atoms with Gasteiger partial charge in [0, 0.05) is 25.6 Å². The maximum Gasteiger partial charge on any atom is 0.242 e. The molecular weight excluding hydrogens is 244 g/mol. The topological polar surface area (TPSA) is 60.9 Å². The molecule has 1 N–H and O–H groups in total. The normalized spacial score (nSPS) is 25.5. The van der Waals surface area contributed by atoms with E-state index in [2.05, 4.69) is 0 Å². The number of hydrogen-bond donors (Lipinski definition) is 1. The molecular formula is C14H24N2O3. The van der Waals surface area contributed by atoms with Gasteiger partial charge in [0.25, 0.3) is 0 Å². The highest BCUT2D eigenvalue weighted by Gasteiger charge is 2.34. The number of aliphatic hydroxyl groups is 1. The van der Waals surface area contributed by atoms with Gasteiger partial charge in [-0.1, -0.05) is 20.3 Å². The Morgan fingerprint density at radius 3 is 2.58 bits per heavy atom. The van der Waals surface area contributed by atoms with Gasteiger partial charge in [-0.05, 0) is 18.8 Å². The highest BCUT2D eigenvalue weighted by molar-refractivity contribution is 5.86. The Morgan fingerprint density at radius 2 is 2.05 bits per heavy atom. The molecule has 0 aromatic carbocycles. The lowest BCUT2D eigenvalue weighted by Crippen LogP contribution is -2.44. The molecule has 1 atom stereocenters. The van der Waals surface area contributed by atoms with Crippen molar-refractivity contribution in [1.29, 1.82) is 0 Å². The molecule has 1 saturated carbocycles. The third-order valence-corrected chi connectivity index (χ3v) is 3.89. The fourth-order valence-electron chi connectivity index (χ4n) is 2.69. The van der Waals surface area contributed by atoms with E-state index in [-0.39, 0.29) is 30.8 Å². The molecule has 0 radical (unpaired) electrons. The smallest absolute Gasteiger partial charge is 0.242 e. The number of hydrogen-bond acceptors (Lipinski definition) is 3. The van der Waals surface area contributed by atoms with E-state index in [1.54, 1.807) is 9.80 Å². The van der Waals surface area contributed by atoms with E-state index in [1.165, 1.54) is 0 Å². The van der Waals surface area contributed by atoms with Crippen molar-refractivity contribution in [2.75, 3.05) is 26.2 Å². The molecule has 1 heterocycles. The van der Waals surface area contributed by atoms with Crippen molar-refractivity contribution in [3.63, 3.8) is 0 Å². The molecule has 5 heteroatoms. The van der Waals surface area contributed by atoms with Crippen LogP contribution in [0.4, 0.5) is 0 Å². The first-order chi connectivity index (χ1) is 8.97. The number of aliphatic hydroxyl groups excluding tert-OH is 1. The Labute approximate surface area is 114 Å². The lowest BCUT2D eigenvalue weighted by atomic mass is 9.84. The molecule has 19 heavy (non-hydrogen) atoms. The molecule has 1 aliphatic carbocycles. The standard InChI is InChI=1S/C14H24N2O3/c1-10(2)6-15-7-12(17)8-16(9-13(15)18)14(19)11-4-3-5-11/h10-12,17H,3-9H2,1-2H3. The SMILES string of the molecule is CC(C)CN1CC(O)CN(C(=O)C2CCC2)CC1=O. The zero-order valence-corrected chi connectivity index (χ0v) is 11.8. The Balaban J connectivity index is 2.00. The summed E-state index contributed by atoms with van der Waals surface area (Å²) in [7, 11) is 0. The van der Waals surface area contributed by atoms with E-state index in [4.69, 9.17) is 0 Å². The number of rotatable bonds is 3. The fraction of sp³-hybridized carbons (Fsp3) is 0.857. The summed E-state index contributed by atoms with van der Waals surface area (Å²) in [5, 5.41) is 9.99. The Morgan fingerprint density at radius 1 is 1.37 bits per heavy atom. The van der Waals surface area contributed by atoms with Gasteiger partial charge >= 0.3 is 0 Å². The van der Waals surface area contributed by atoms with Gasteiger partial charge in [-0.3, -0.25) is 9.59 Å². The minimum Gasteiger partial charge on any atom is -0.389 e. The molecule has 108 valence electrons. The second-order valence-corrected chi connectivity index (χ2v) is 6.19. The van der Waals surface area contributed by atoms with Crippen LogP contribution in [0.25, 0.3) is 0 Å². The molecule has 0 spiro atoms. The summed E-state index contributed by atoms with van der Waals surface area (Å²) >= 11 is 0. The van der Waals surface area contributed by atoms with Crippen LogP contribution in [-0.2, 0) is 9.59 Å². The predicted octanol–water partition coefficient (Wildman–Crippen LogP) is 0.474. The lowest BCUT2D eigenvalue weighted by molar-refractivity contribution is -0.143. The van der Waals surface area contributed by atoms with Crippen LogP contribution < -0.4 is 0 Å². The van der Waals surface area contributed by atoms with Crippen molar-refractivity contribution in [2.24, 2.45) is 11.8 Å². The van der Waals surface area contributed by atoms with Crippen LogP contribution in [0.1, 0.15) is 33.1 Å². The quantitative estimate of drug-likeness (QED) is 0.809. The van der Waals surface area contributed by atoms with E-state index >= 15 is 0 Å². The van der Waals surface area contributed by atoms with Crippen LogP contribution in [0.5, 0.6) is 0 Å². The number of amides is 2. The van der Waals surface area contributed by atoms with E-state index in [1.807, 2.05) is 13.8 Å². The van der Waals surface area contributed by atoms with Crippen molar-refractivity contribution in [1.82, 2.24) is 9.80 Å². The largest absolute Gasteiger partial charge is 0.389 e. The number of carbonyl (C=O) groups excluding carboxylic acids is 2. The molecule has 1 unspecified atom stereocenters. The summed E-state index contributed by atoms with van der Waals surface area (Å²) < 4.78 is 0. The Hall–Kier alpha value is -1.10. The van der Waals surface area contributed by atoms with Crippen molar-refractivity contribution in [2.45, 2.75) is 39.2 Å². The average molecular weight is 268 g/mol. The summed E-state index contributed by atoms with van der Waals surface area (Å²) in [4.78, 5) is 27.6. The van der Waals surface area contributed by atoms with E-state index in [0.717, 1.165) is 19.3 Å². The summed E-state index contributed by atoms with van der Waals surface area (Å²) in [6.45, 7) is 5.48. The maximum absolute atomic E-state index is 12.2. The van der Waals surface area contributed by atoms with Gasteiger partial charge in [-0.2, -0.15) is 0 Å². The van der Waals surface area contributed by atoms with E-state index in [0.29, 0.717) is 19.0 Å². The lowest BCUT2D eigenvalue weighted by Gasteiger charge is -2.30. The monoisotopic (exact) mass is 268 g/mol. The second kappa shape index (κ2) is 5.90. The maximum atomic E-state index is 12.2. The van der Waals surface area contributed by atoms with Gasteiger partial charge in [-0.25, -0.2) is 0 Å². The van der Waals surface area contributed by atoms with Crippen LogP contribution in [0.15, 0.2) is 0 Å². The van der Waals surface area contributed by atoms with Crippen LogP contribution >= 0.6 is 0 Å². The third-order valence-electron chi connectivity index (χ3n) is 3.89. The first-order valence-electron chi connectivity index (χ1n) is 7.22. The number of nitrogens with zero attached hydrogens (tertiary/aromatic N) is 2. The van der Waals surface area contributed by atoms with Crippen molar-refractivity contribution < 1.29 is 14.7 Å². The molecule has 2 amide bonds. The van der Waals surface area contributed by atoms with Crippen LogP contribution in [0, 0.1) is 11.8 Å². The van der Waals surface area contributed by atoms with Crippen LogP contribution in [0.2, 0.25) is 0 Å². The highest BCUT2D eigenvalue weighted by Crippen LogP contribution is 2.28. The highest BCUT2D eigenvalue weighted by atomic mass is 16.3. The zero-order valence-electron chi connectivity index (χ0n) is 11.8. The number of β-amino-alcohol motifs (C(OH)–C–C–N with tert-alkyl or cyclic N) is 1. The summed E-state index contributed by atoms with van der Waals surface area (Å²) in [5.41, 5.74) is 0. The fourth-order valence-corrected chi connectivity index (χ4v) is 2.69. The Kier molecular flexibility index (Phi) is 4.45. The molecule has 2 fully saturated rings. The van der Waals surface area contributed by atoms with Gasteiger partial charge in [0.2, 0.25) is 11.8 Å². The van der Waals surface area contributed by atoms with Gasteiger partial charge in [0.05, 0.1) is 12.6 Å². The Bertz CT molecular complexity index is 353. The molecule has 1 aliphatic heterocycles. The first kappa shape index (κ1) is 14.3. The van der Waals surface area contributed by atoms with Gasteiger partial charge in [0.1, 0.15) is 0 Å². The summed E-state index contributed by atoms with van der Waals surface area (Å²) in [6.07, 6.45) is 2.32. The average Bonchev–Trinajstić information content (AvgIpc) is 2.35. The third kappa shape index (κ3) is 3.47. The first-order valence-corrected chi connectivity index (χ1v) is 7.22. The van der Waals surface area contributed by atoms with Crippen molar-refractivity contribution in [3.8, 4) is 0 Å². The van der Waals surface area contributed by atoms with Crippen LogP contribution in [-0.4, -0.2) is 59.0 Å². The molecule has 0 aromatic heterocycles. The molecule has 0 bridgehead atoms. The molecule has 5 nitrogen and oxygen atoms in total. The van der Waals surface area contributed by atoms with Crippen molar-refractivity contribution >= 4 is 11.8 Å². The zero-order chi connectivity index (χ0) is 14.0. The van der Waals surface area contributed by atoms with Gasteiger partial charge < -0.3 is 14.9 Å². The minimum atomic E-state index is -0.630. The molecule has 2 rings (SSSR count). The van der Waals surface area contributed by atoms with E-state index in [9.17, 15) is 14.7 Å². The van der Waals surface area contributed by atoms with Gasteiger partial charge in [-0.15, -0.1) is 0 Å². The van der Waals surface area contributed by atoms with E-state index < -0.39 is 6.10 Å². The van der Waals surface area contributed by atoms with Crippen molar-refractivity contribution in [3.05, 3.63) is 0 Å². The van der Waals surface area contributed by atoms with Gasteiger partial charge in [0.15, 0.2) is 0 Å². The molecule has 0 aromatic rings. The minimum absolute atomic E-state index is 0.0436. The predicted molar refractivity (Wildman–Crippen MR) is 71.3 cm³/mol. The van der Waals surface area contributed by atoms with Crippen LogP contribution in [0.3, 0.4) is 0 Å². The number of carbonyl (C=O) groups is 2. The second-order valence-electron chi connectivity index (χ2n) is 6.19. The summed E-state index contributed by atoms with van der Waals surface area (Å²) in [5.74, 6) is 0.449. The summed E-state index contributed by atoms with van der Waals surface area (Å²) in [6, 6.07) is 0. The molecule has 2 aliphatic rings. The molecule has 1 saturated heterocycles.